The highest BCUT2D eigenvalue weighted by Gasteiger charge is 2.19. The van der Waals surface area contributed by atoms with Gasteiger partial charge in [-0.15, -0.1) is 11.3 Å². The summed E-state index contributed by atoms with van der Waals surface area (Å²) in [6, 6.07) is 2.05. The van der Waals surface area contributed by atoms with E-state index in [9.17, 15) is 0 Å². The number of hydrogen-bond donors (Lipinski definition) is 0. The van der Waals surface area contributed by atoms with Crippen LogP contribution in [0.25, 0.3) is 10.2 Å². The van der Waals surface area contributed by atoms with E-state index in [1.807, 2.05) is 14.1 Å². The Bertz CT molecular complexity index is 595. The third-order valence-electron chi connectivity index (χ3n) is 3.06. The average molecular weight is 299 g/mol. The Morgan fingerprint density at radius 1 is 1.32 bits per heavy atom. The maximum atomic E-state index is 6.04. The van der Waals surface area contributed by atoms with Gasteiger partial charge in [0.15, 0.2) is 5.82 Å². The molecule has 2 aromatic heterocycles. The second-order valence-corrected chi connectivity index (χ2v) is 5.98. The fraction of sp³-hybridized carbons (Fsp3) is 0.500. The van der Waals surface area contributed by atoms with Gasteiger partial charge in [0.05, 0.1) is 28.4 Å². The van der Waals surface area contributed by atoms with Gasteiger partial charge in [-0.1, -0.05) is 0 Å². The minimum absolute atomic E-state index is 0.303. The van der Waals surface area contributed by atoms with Crippen molar-refractivity contribution < 1.29 is 4.74 Å². The van der Waals surface area contributed by atoms with Crippen LogP contribution in [0.1, 0.15) is 0 Å². The number of hydrogen-bond acceptors (Lipinski definition) is 6. The molecule has 1 fully saturated rings. The highest BCUT2D eigenvalue weighted by molar-refractivity contribution is 7.23. The van der Waals surface area contributed by atoms with Crippen LogP contribution >= 0.6 is 22.9 Å². The highest BCUT2D eigenvalue weighted by atomic mass is 35.5. The monoisotopic (exact) mass is 298 g/mol. The number of aromatic nitrogens is 2. The molecule has 1 saturated heterocycles. The lowest BCUT2D eigenvalue weighted by Gasteiger charge is -2.28. The summed E-state index contributed by atoms with van der Waals surface area (Å²) < 4.78 is 6.48. The molecule has 0 atom stereocenters. The van der Waals surface area contributed by atoms with Gasteiger partial charge in [-0.05, 0) is 17.7 Å². The smallest absolute Gasteiger partial charge is 0.224 e. The van der Waals surface area contributed by atoms with Crippen LogP contribution in [0.15, 0.2) is 6.07 Å². The van der Waals surface area contributed by atoms with Gasteiger partial charge in [-0.25, -0.2) is 4.98 Å². The first-order valence-electron chi connectivity index (χ1n) is 6.12. The van der Waals surface area contributed by atoms with E-state index in [-0.39, 0.29) is 0 Å². The lowest BCUT2D eigenvalue weighted by atomic mass is 10.3. The molecule has 0 unspecified atom stereocenters. The minimum atomic E-state index is 0.303. The molecular weight excluding hydrogens is 284 g/mol. The van der Waals surface area contributed by atoms with Crippen LogP contribution in [0.2, 0.25) is 5.28 Å². The highest BCUT2D eigenvalue weighted by Crippen LogP contribution is 2.36. The van der Waals surface area contributed by atoms with Crippen molar-refractivity contribution in [3.8, 4) is 0 Å². The van der Waals surface area contributed by atoms with Gasteiger partial charge in [0.2, 0.25) is 5.28 Å². The van der Waals surface area contributed by atoms with Crippen LogP contribution in [0.4, 0.5) is 10.8 Å². The van der Waals surface area contributed by atoms with Gasteiger partial charge in [-0.2, -0.15) is 4.98 Å². The van der Waals surface area contributed by atoms with E-state index in [2.05, 4.69) is 25.8 Å². The van der Waals surface area contributed by atoms with Crippen molar-refractivity contribution in [2.45, 2.75) is 0 Å². The number of nitrogens with zero attached hydrogens (tertiary/aromatic N) is 4. The summed E-state index contributed by atoms with van der Waals surface area (Å²) in [7, 11) is 4.04. The lowest BCUT2D eigenvalue weighted by molar-refractivity contribution is 0.122. The Morgan fingerprint density at radius 2 is 2.05 bits per heavy atom. The molecule has 0 spiro atoms. The van der Waals surface area contributed by atoms with Crippen LogP contribution in [0.3, 0.4) is 0 Å². The summed E-state index contributed by atoms with van der Waals surface area (Å²) in [6.07, 6.45) is 0. The Hall–Kier alpha value is -1.11. The number of fused-ring (bicyclic) bond motifs is 1. The van der Waals surface area contributed by atoms with Crippen LogP contribution < -0.4 is 9.80 Å². The summed E-state index contributed by atoms with van der Waals surface area (Å²) in [5.41, 5.74) is 0.912. The molecule has 5 nitrogen and oxygen atoms in total. The summed E-state index contributed by atoms with van der Waals surface area (Å²) in [5.74, 6) is 0.927. The van der Waals surface area contributed by atoms with Crippen LogP contribution in [0, 0.1) is 0 Å². The Balaban J connectivity index is 2.10. The summed E-state index contributed by atoms with van der Waals surface area (Å²) in [6.45, 7) is 3.15. The molecule has 1 aliphatic rings. The second-order valence-electron chi connectivity index (χ2n) is 4.61. The molecule has 0 saturated carbocycles. The van der Waals surface area contributed by atoms with Gasteiger partial charge in [0, 0.05) is 27.2 Å². The fourth-order valence-corrected chi connectivity index (χ4v) is 3.29. The number of morpholine rings is 1. The Kier molecular flexibility index (Phi) is 3.47. The lowest BCUT2D eigenvalue weighted by Crippen LogP contribution is -2.36. The van der Waals surface area contributed by atoms with E-state index in [0.29, 0.717) is 5.28 Å². The average Bonchev–Trinajstić information content (AvgIpc) is 2.82. The standard InChI is InChI=1S/C12H15ClN4OS/c1-16(2)9-7-8-10(19-9)11(15-12(13)14-8)17-3-5-18-6-4-17/h7H,3-6H2,1-2H3. The van der Waals surface area contributed by atoms with E-state index in [4.69, 9.17) is 16.3 Å². The zero-order chi connectivity index (χ0) is 13.4. The van der Waals surface area contributed by atoms with Gasteiger partial charge in [-0.3, -0.25) is 0 Å². The summed E-state index contributed by atoms with van der Waals surface area (Å²) in [5, 5.41) is 1.46. The minimum Gasteiger partial charge on any atom is -0.378 e. The van der Waals surface area contributed by atoms with Crippen LogP contribution in [0.5, 0.6) is 0 Å². The largest absolute Gasteiger partial charge is 0.378 e. The molecule has 102 valence electrons. The van der Waals surface area contributed by atoms with Crippen molar-refractivity contribution in [2.24, 2.45) is 0 Å². The summed E-state index contributed by atoms with van der Waals surface area (Å²) >= 11 is 7.74. The van der Waals surface area contributed by atoms with E-state index in [0.717, 1.165) is 47.3 Å². The number of halogens is 1. The summed E-state index contributed by atoms with van der Waals surface area (Å²) in [4.78, 5) is 13.0. The first-order valence-corrected chi connectivity index (χ1v) is 7.31. The number of anilines is 2. The predicted octanol–water partition coefficient (Wildman–Crippen LogP) is 2.25. The first-order chi connectivity index (χ1) is 9.15. The molecule has 1 aliphatic heterocycles. The SMILES string of the molecule is CN(C)c1cc2nc(Cl)nc(N3CCOCC3)c2s1. The third kappa shape index (κ3) is 2.48. The zero-order valence-corrected chi connectivity index (χ0v) is 12.5. The maximum absolute atomic E-state index is 6.04. The third-order valence-corrected chi connectivity index (χ3v) is 4.52. The van der Waals surface area contributed by atoms with Crippen LogP contribution in [-0.4, -0.2) is 50.4 Å². The van der Waals surface area contributed by atoms with Crippen molar-refractivity contribution in [1.82, 2.24) is 9.97 Å². The number of ether oxygens (including phenoxy) is 1. The molecule has 19 heavy (non-hydrogen) atoms. The molecule has 2 aromatic rings. The molecule has 0 bridgehead atoms. The fourth-order valence-electron chi connectivity index (χ4n) is 2.08. The van der Waals surface area contributed by atoms with E-state index in [1.165, 1.54) is 0 Å². The second kappa shape index (κ2) is 5.11. The molecule has 3 heterocycles. The van der Waals surface area contributed by atoms with Crippen molar-refractivity contribution >= 4 is 44.0 Å². The maximum Gasteiger partial charge on any atom is 0.224 e. The van der Waals surface area contributed by atoms with E-state index >= 15 is 0 Å². The number of thiophene rings is 1. The van der Waals surface area contributed by atoms with Gasteiger partial charge in [0.1, 0.15) is 0 Å². The number of rotatable bonds is 2. The topological polar surface area (TPSA) is 41.5 Å². The van der Waals surface area contributed by atoms with Gasteiger partial charge in [0.25, 0.3) is 0 Å². The molecule has 3 rings (SSSR count). The Morgan fingerprint density at radius 3 is 2.74 bits per heavy atom. The molecule has 7 heteroatoms. The van der Waals surface area contributed by atoms with Crippen molar-refractivity contribution in [3.05, 3.63) is 11.3 Å². The van der Waals surface area contributed by atoms with Gasteiger partial charge < -0.3 is 14.5 Å². The molecule has 0 radical (unpaired) electrons. The molecule has 0 aromatic carbocycles. The van der Waals surface area contributed by atoms with Crippen molar-refractivity contribution in [2.75, 3.05) is 50.2 Å². The van der Waals surface area contributed by atoms with E-state index < -0.39 is 0 Å². The predicted molar refractivity (Wildman–Crippen MR) is 79.8 cm³/mol. The van der Waals surface area contributed by atoms with Crippen molar-refractivity contribution in [3.63, 3.8) is 0 Å². The molecule has 0 amide bonds. The molecule has 0 N–H and O–H groups in total. The Labute approximate surface area is 120 Å². The normalized spacial score (nSPS) is 16.1. The van der Waals surface area contributed by atoms with Gasteiger partial charge >= 0.3 is 0 Å². The van der Waals surface area contributed by atoms with E-state index in [1.54, 1.807) is 11.3 Å². The molecular formula is C12H15ClN4OS. The van der Waals surface area contributed by atoms with Crippen LogP contribution in [-0.2, 0) is 4.74 Å². The zero-order valence-electron chi connectivity index (χ0n) is 10.9. The molecule has 0 aliphatic carbocycles. The first kappa shape index (κ1) is 12.9. The quantitative estimate of drug-likeness (QED) is 0.796. The van der Waals surface area contributed by atoms with Crippen molar-refractivity contribution in [1.29, 1.82) is 0 Å².